The van der Waals surface area contributed by atoms with Gasteiger partial charge in [0.2, 0.25) is 17.7 Å². The molecule has 2 saturated heterocycles. The van der Waals surface area contributed by atoms with Crippen LogP contribution in [0.3, 0.4) is 0 Å². The van der Waals surface area contributed by atoms with Gasteiger partial charge in [-0.3, -0.25) is 14.6 Å². The molecule has 0 aliphatic carbocycles. The molecule has 50 heavy (non-hydrogen) atoms. The number of anilines is 2. The SMILES string of the molecule is COc1nc(-c2ccnc(-c3cccc(Nc4nccc(CNC5CCN(C(C)=O)CC5)c4F)c3Cl)c2Cl)ccc1CNC[C@@H]1CCC(=O)N1. The zero-order chi connectivity index (χ0) is 35.2. The van der Waals surface area contributed by atoms with Gasteiger partial charge in [-0.15, -0.1) is 0 Å². The summed E-state index contributed by atoms with van der Waals surface area (Å²) in [4.78, 5) is 38.5. The molecule has 0 bridgehead atoms. The first-order valence-electron chi connectivity index (χ1n) is 16.6. The van der Waals surface area contributed by atoms with E-state index in [-0.39, 0.29) is 29.7 Å². The van der Waals surface area contributed by atoms with E-state index in [9.17, 15) is 9.59 Å². The molecule has 14 heteroatoms. The minimum absolute atomic E-state index is 0.0430. The molecule has 2 amide bonds. The Morgan fingerprint density at radius 3 is 2.54 bits per heavy atom. The summed E-state index contributed by atoms with van der Waals surface area (Å²) in [6.07, 6.45) is 6.18. The zero-order valence-corrected chi connectivity index (χ0v) is 29.4. The molecule has 3 aromatic heterocycles. The van der Waals surface area contributed by atoms with Crippen molar-refractivity contribution in [3.05, 3.63) is 81.8 Å². The second-order valence-corrected chi connectivity index (χ2v) is 13.2. The second kappa shape index (κ2) is 16.1. The van der Waals surface area contributed by atoms with Crippen LogP contribution < -0.4 is 26.0 Å². The Kier molecular flexibility index (Phi) is 11.4. The number of carbonyl (C=O) groups is 2. The second-order valence-electron chi connectivity index (χ2n) is 12.4. The molecule has 2 aliphatic heterocycles. The van der Waals surface area contributed by atoms with Crippen LogP contribution >= 0.6 is 23.2 Å². The van der Waals surface area contributed by atoms with Gasteiger partial charge in [0.05, 0.1) is 34.2 Å². The number of aromatic nitrogens is 3. The molecule has 1 atom stereocenters. The van der Waals surface area contributed by atoms with Gasteiger partial charge in [-0.2, -0.15) is 0 Å². The standard InChI is InChI=1S/C36H39Cl2FN8O3/c1-21(48)47-16-12-24(13-17-47)43-19-22-10-14-42-35(33(22)39)45-29-5-3-4-27(31(29)37)34-32(38)26(11-15-41-34)28-8-6-23(36(46-28)50-2)18-40-20-25-7-9-30(49)44-25/h3-6,8,10-11,14-15,24-25,40,43H,7,9,12-13,16-20H2,1-2H3,(H,42,45)(H,44,49)/t25-/m0/s1. The number of amides is 2. The molecule has 0 unspecified atom stereocenters. The third kappa shape index (κ3) is 8.15. The number of ether oxygens (including phenoxy) is 1. The lowest BCUT2D eigenvalue weighted by Gasteiger charge is -2.31. The fourth-order valence-corrected chi connectivity index (χ4v) is 6.84. The molecular weight excluding hydrogens is 682 g/mol. The summed E-state index contributed by atoms with van der Waals surface area (Å²) in [6, 6.07) is 12.8. The van der Waals surface area contributed by atoms with E-state index in [1.807, 2.05) is 17.0 Å². The number of nitrogens with zero attached hydrogens (tertiary/aromatic N) is 4. The van der Waals surface area contributed by atoms with Gasteiger partial charge in [-0.25, -0.2) is 14.4 Å². The van der Waals surface area contributed by atoms with Crippen molar-refractivity contribution in [1.82, 2.24) is 35.8 Å². The Morgan fingerprint density at radius 2 is 1.80 bits per heavy atom. The third-order valence-corrected chi connectivity index (χ3v) is 9.88. The summed E-state index contributed by atoms with van der Waals surface area (Å²) in [7, 11) is 1.56. The highest BCUT2D eigenvalue weighted by Crippen LogP contribution is 2.41. The van der Waals surface area contributed by atoms with Gasteiger partial charge in [-0.05, 0) is 43.5 Å². The molecule has 262 valence electrons. The summed E-state index contributed by atoms with van der Waals surface area (Å²) in [6.45, 7) is 4.45. The molecule has 2 fully saturated rings. The van der Waals surface area contributed by atoms with Crippen LogP contribution in [0, 0.1) is 5.82 Å². The van der Waals surface area contributed by atoms with Gasteiger partial charge in [0.1, 0.15) is 0 Å². The number of hydrogen-bond donors (Lipinski definition) is 4. The van der Waals surface area contributed by atoms with Gasteiger partial charge in [0.15, 0.2) is 11.6 Å². The number of carbonyl (C=O) groups excluding carboxylic acids is 2. The van der Waals surface area contributed by atoms with Gasteiger partial charge in [0.25, 0.3) is 0 Å². The molecule has 0 radical (unpaired) electrons. The average molecular weight is 722 g/mol. The highest BCUT2D eigenvalue weighted by Gasteiger charge is 2.23. The van der Waals surface area contributed by atoms with Crippen LogP contribution in [0.5, 0.6) is 5.88 Å². The smallest absolute Gasteiger partial charge is 0.220 e. The van der Waals surface area contributed by atoms with E-state index in [1.165, 1.54) is 0 Å². The Labute approximate surface area is 300 Å². The highest BCUT2D eigenvalue weighted by atomic mass is 35.5. The van der Waals surface area contributed by atoms with Gasteiger partial charge < -0.3 is 30.9 Å². The Hall–Kier alpha value is -4.36. The highest BCUT2D eigenvalue weighted by molar-refractivity contribution is 6.39. The van der Waals surface area contributed by atoms with Crippen LogP contribution in [0.15, 0.2) is 54.9 Å². The zero-order valence-electron chi connectivity index (χ0n) is 27.9. The maximum Gasteiger partial charge on any atom is 0.220 e. The van der Waals surface area contributed by atoms with Gasteiger partial charge in [0, 0.05) is 92.8 Å². The molecule has 0 spiro atoms. The fraction of sp³-hybridized carbons (Fsp3) is 0.361. The minimum atomic E-state index is -0.482. The molecule has 5 heterocycles. The van der Waals surface area contributed by atoms with E-state index in [1.54, 1.807) is 56.8 Å². The third-order valence-electron chi connectivity index (χ3n) is 9.09. The Balaban J connectivity index is 1.16. The summed E-state index contributed by atoms with van der Waals surface area (Å²) < 4.78 is 21.3. The van der Waals surface area contributed by atoms with E-state index in [2.05, 4.69) is 31.2 Å². The van der Waals surface area contributed by atoms with E-state index < -0.39 is 5.82 Å². The number of pyridine rings is 3. The topological polar surface area (TPSA) is 133 Å². The van der Waals surface area contributed by atoms with E-state index in [4.69, 9.17) is 32.9 Å². The molecule has 4 aromatic rings. The first-order valence-corrected chi connectivity index (χ1v) is 17.3. The van der Waals surface area contributed by atoms with Crippen LogP contribution in [0.2, 0.25) is 10.0 Å². The summed E-state index contributed by atoms with van der Waals surface area (Å²) in [5, 5.41) is 13.4. The van der Waals surface area contributed by atoms with Crippen LogP contribution in [0.4, 0.5) is 15.9 Å². The molecule has 6 rings (SSSR count). The van der Waals surface area contributed by atoms with Crippen molar-refractivity contribution in [2.75, 3.05) is 32.1 Å². The summed E-state index contributed by atoms with van der Waals surface area (Å²) in [5.74, 6) is 0.174. The lowest BCUT2D eigenvalue weighted by molar-refractivity contribution is -0.130. The number of likely N-dealkylation sites (tertiary alicyclic amines) is 1. The normalized spacial score (nSPS) is 16.4. The van der Waals surface area contributed by atoms with E-state index >= 15 is 4.39 Å². The number of rotatable bonds is 12. The predicted octanol–water partition coefficient (Wildman–Crippen LogP) is 5.87. The molecule has 2 aliphatic rings. The molecule has 11 nitrogen and oxygen atoms in total. The predicted molar refractivity (Wildman–Crippen MR) is 192 cm³/mol. The minimum Gasteiger partial charge on any atom is -0.481 e. The van der Waals surface area contributed by atoms with Crippen molar-refractivity contribution >= 4 is 46.5 Å². The number of piperidine rings is 1. The van der Waals surface area contributed by atoms with Gasteiger partial charge in [-0.1, -0.05) is 41.4 Å². The fourth-order valence-electron chi connectivity index (χ4n) is 6.27. The van der Waals surface area contributed by atoms with Crippen molar-refractivity contribution in [3.63, 3.8) is 0 Å². The summed E-state index contributed by atoms with van der Waals surface area (Å²) >= 11 is 13.9. The first kappa shape index (κ1) is 35.5. The van der Waals surface area contributed by atoms with E-state index in [0.29, 0.717) is 88.8 Å². The first-order chi connectivity index (χ1) is 24.2. The average Bonchev–Trinajstić information content (AvgIpc) is 3.54. The quantitative estimate of drug-likeness (QED) is 0.142. The molecule has 1 aromatic carbocycles. The molecular formula is C36H39Cl2FN8O3. The largest absolute Gasteiger partial charge is 0.481 e. The van der Waals surface area contributed by atoms with Crippen molar-refractivity contribution in [2.45, 2.75) is 57.8 Å². The maximum absolute atomic E-state index is 15.7. The van der Waals surface area contributed by atoms with Crippen LogP contribution in [0.25, 0.3) is 22.5 Å². The van der Waals surface area contributed by atoms with Crippen LogP contribution in [0.1, 0.15) is 43.7 Å². The number of hydrogen-bond acceptors (Lipinski definition) is 9. The van der Waals surface area contributed by atoms with Gasteiger partial charge >= 0.3 is 0 Å². The number of benzene rings is 1. The number of nitrogens with one attached hydrogen (secondary N) is 4. The van der Waals surface area contributed by atoms with Crippen molar-refractivity contribution < 1.29 is 18.7 Å². The van der Waals surface area contributed by atoms with Crippen molar-refractivity contribution in [1.29, 1.82) is 0 Å². The monoisotopic (exact) mass is 720 g/mol. The molecule has 4 N–H and O–H groups in total. The Bertz CT molecular complexity index is 1870. The maximum atomic E-state index is 15.7. The summed E-state index contributed by atoms with van der Waals surface area (Å²) in [5.41, 5.74) is 3.98. The number of halogens is 3. The van der Waals surface area contributed by atoms with Crippen LogP contribution in [-0.4, -0.2) is 70.5 Å². The Morgan fingerprint density at radius 1 is 1.00 bits per heavy atom. The number of methoxy groups -OCH3 is 1. The molecule has 0 saturated carbocycles. The van der Waals surface area contributed by atoms with Crippen molar-refractivity contribution in [3.8, 4) is 28.4 Å². The van der Waals surface area contributed by atoms with Crippen LogP contribution in [-0.2, 0) is 22.7 Å². The van der Waals surface area contributed by atoms with E-state index in [0.717, 1.165) is 24.8 Å². The lowest BCUT2D eigenvalue weighted by atomic mass is 10.0. The van der Waals surface area contributed by atoms with Crippen molar-refractivity contribution in [2.24, 2.45) is 0 Å². The lowest BCUT2D eigenvalue weighted by Crippen LogP contribution is -2.44.